The van der Waals surface area contributed by atoms with E-state index in [9.17, 15) is 9.59 Å². The monoisotopic (exact) mass is 308 g/mol. The number of amides is 1. The van der Waals surface area contributed by atoms with Gasteiger partial charge in [-0.25, -0.2) is 4.79 Å². The van der Waals surface area contributed by atoms with Crippen LogP contribution >= 0.6 is 0 Å². The standard InChI is InChI=1S/C16H24N2O4/c1-10(2)22-14-7-6-12(16(20)21-4)9-13(14)18-15(19)8-5-11(3)17/h6-7,9-11H,5,8,17H2,1-4H3,(H,18,19). The molecule has 6 heteroatoms. The Balaban J connectivity index is 2.95. The van der Waals surface area contributed by atoms with Gasteiger partial charge in [0.2, 0.25) is 5.91 Å². The highest BCUT2D eigenvalue weighted by atomic mass is 16.5. The second-order valence-electron chi connectivity index (χ2n) is 5.43. The number of esters is 1. The molecule has 0 saturated heterocycles. The van der Waals surface area contributed by atoms with Gasteiger partial charge in [-0.3, -0.25) is 4.79 Å². The topological polar surface area (TPSA) is 90.6 Å². The number of carbonyl (C=O) groups is 2. The number of nitrogens with two attached hydrogens (primary N) is 1. The molecule has 0 aromatic heterocycles. The molecule has 1 aromatic carbocycles. The van der Waals surface area contributed by atoms with E-state index in [1.807, 2.05) is 20.8 Å². The fourth-order valence-corrected chi connectivity index (χ4v) is 1.80. The molecule has 1 aromatic rings. The molecule has 22 heavy (non-hydrogen) atoms. The van der Waals surface area contributed by atoms with Gasteiger partial charge >= 0.3 is 5.97 Å². The predicted octanol–water partition coefficient (Wildman–Crippen LogP) is 2.33. The van der Waals surface area contributed by atoms with Crippen LogP contribution in [0.4, 0.5) is 5.69 Å². The van der Waals surface area contributed by atoms with Crippen LogP contribution in [0.5, 0.6) is 5.75 Å². The van der Waals surface area contributed by atoms with Crippen molar-refractivity contribution in [3.05, 3.63) is 23.8 Å². The summed E-state index contributed by atoms with van der Waals surface area (Å²) >= 11 is 0. The van der Waals surface area contributed by atoms with Crippen molar-refractivity contribution < 1.29 is 19.1 Å². The number of rotatable bonds is 7. The first-order valence-electron chi connectivity index (χ1n) is 7.28. The maximum absolute atomic E-state index is 12.0. The molecule has 0 heterocycles. The molecular formula is C16H24N2O4. The minimum Gasteiger partial charge on any atom is -0.489 e. The summed E-state index contributed by atoms with van der Waals surface area (Å²) in [5, 5.41) is 2.76. The lowest BCUT2D eigenvalue weighted by Gasteiger charge is -2.16. The quantitative estimate of drug-likeness (QED) is 0.754. The van der Waals surface area contributed by atoms with Crippen LogP contribution in [-0.4, -0.2) is 31.1 Å². The van der Waals surface area contributed by atoms with Crippen molar-refractivity contribution in [1.29, 1.82) is 0 Å². The lowest BCUT2D eigenvalue weighted by molar-refractivity contribution is -0.116. The molecule has 1 amide bonds. The minimum absolute atomic E-state index is 0.0430. The number of anilines is 1. The van der Waals surface area contributed by atoms with Gasteiger partial charge in [0.1, 0.15) is 5.75 Å². The maximum atomic E-state index is 12.0. The van der Waals surface area contributed by atoms with E-state index < -0.39 is 5.97 Å². The third-order valence-corrected chi connectivity index (χ3v) is 2.86. The molecule has 0 bridgehead atoms. The van der Waals surface area contributed by atoms with Gasteiger partial charge in [0.15, 0.2) is 0 Å². The van der Waals surface area contributed by atoms with Crippen LogP contribution < -0.4 is 15.8 Å². The summed E-state index contributed by atoms with van der Waals surface area (Å²) in [6, 6.07) is 4.75. The van der Waals surface area contributed by atoms with Crippen LogP contribution in [0, 0.1) is 0 Å². The van der Waals surface area contributed by atoms with Crippen molar-refractivity contribution >= 4 is 17.6 Å². The highest BCUT2D eigenvalue weighted by Gasteiger charge is 2.14. The Morgan fingerprint density at radius 2 is 1.95 bits per heavy atom. The number of methoxy groups -OCH3 is 1. The van der Waals surface area contributed by atoms with Crippen molar-refractivity contribution in [3.63, 3.8) is 0 Å². The number of hydrogen-bond acceptors (Lipinski definition) is 5. The SMILES string of the molecule is COC(=O)c1ccc(OC(C)C)c(NC(=O)CCC(C)N)c1. The summed E-state index contributed by atoms with van der Waals surface area (Å²) in [6.07, 6.45) is 0.841. The van der Waals surface area contributed by atoms with Crippen molar-refractivity contribution in [1.82, 2.24) is 0 Å². The first-order valence-corrected chi connectivity index (χ1v) is 7.28. The van der Waals surface area contributed by atoms with E-state index in [1.165, 1.54) is 7.11 Å². The van der Waals surface area contributed by atoms with Crippen LogP contribution in [-0.2, 0) is 9.53 Å². The Labute approximate surface area is 131 Å². The van der Waals surface area contributed by atoms with Gasteiger partial charge < -0.3 is 20.5 Å². The molecule has 3 N–H and O–H groups in total. The van der Waals surface area contributed by atoms with E-state index in [4.69, 9.17) is 10.5 Å². The van der Waals surface area contributed by atoms with E-state index in [1.54, 1.807) is 18.2 Å². The maximum Gasteiger partial charge on any atom is 0.337 e. The molecule has 0 aliphatic heterocycles. The van der Waals surface area contributed by atoms with Crippen molar-refractivity contribution in [2.24, 2.45) is 5.73 Å². The summed E-state index contributed by atoms with van der Waals surface area (Å²) < 4.78 is 10.3. The average molecular weight is 308 g/mol. The summed E-state index contributed by atoms with van der Waals surface area (Å²) in [5.74, 6) is -0.133. The number of benzene rings is 1. The van der Waals surface area contributed by atoms with E-state index >= 15 is 0 Å². The van der Waals surface area contributed by atoms with Crippen LogP contribution in [0.15, 0.2) is 18.2 Å². The number of hydrogen-bond donors (Lipinski definition) is 2. The minimum atomic E-state index is -0.470. The van der Waals surface area contributed by atoms with E-state index in [0.717, 1.165) is 0 Å². The van der Waals surface area contributed by atoms with Gasteiger partial charge in [0, 0.05) is 12.5 Å². The third kappa shape index (κ3) is 5.73. The number of carbonyl (C=O) groups excluding carboxylic acids is 2. The fraction of sp³-hybridized carbons (Fsp3) is 0.500. The van der Waals surface area contributed by atoms with Gasteiger partial charge in [-0.15, -0.1) is 0 Å². The average Bonchev–Trinajstić information content (AvgIpc) is 2.45. The van der Waals surface area contributed by atoms with Crippen LogP contribution in [0.2, 0.25) is 0 Å². The lowest BCUT2D eigenvalue weighted by atomic mass is 10.1. The number of nitrogens with one attached hydrogen (secondary N) is 1. The molecule has 1 unspecified atom stereocenters. The van der Waals surface area contributed by atoms with Crippen LogP contribution in [0.1, 0.15) is 44.0 Å². The molecule has 122 valence electrons. The van der Waals surface area contributed by atoms with Crippen molar-refractivity contribution in [3.8, 4) is 5.75 Å². The molecule has 1 atom stereocenters. The lowest BCUT2D eigenvalue weighted by Crippen LogP contribution is -2.20. The largest absolute Gasteiger partial charge is 0.489 e. The highest BCUT2D eigenvalue weighted by Crippen LogP contribution is 2.27. The molecule has 0 aliphatic rings. The first-order chi connectivity index (χ1) is 10.3. The van der Waals surface area contributed by atoms with Gasteiger partial charge in [-0.2, -0.15) is 0 Å². The van der Waals surface area contributed by atoms with Gasteiger partial charge in [-0.1, -0.05) is 0 Å². The predicted molar refractivity (Wildman–Crippen MR) is 85.1 cm³/mol. The van der Waals surface area contributed by atoms with Crippen LogP contribution in [0.25, 0.3) is 0 Å². The zero-order valence-corrected chi connectivity index (χ0v) is 13.5. The Hall–Kier alpha value is -2.08. The Morgan fingerprint density at radius 3 is 2.50 bits per heavy atom. The smallest absolute Gasteiger partial charge is 0.337 e. The summed E-state index contributed by atoms with van der Waals surface area (Å²) in [6.45, 7) is 5.62. The van der Waals surface area contributed by atoms with Crippen molar-refractivity contribution in [2.75, 3.05) is 12.4 Å². The molecular weight excluding hydrogens is 284 g/mol. The summed E-state index contributed by atoms with van der Waals surface area (Å²) in [7, 11) is 1.31. The zero-order chi connectivity index (χ0) is 16.7. The van der Waals surface area contributed by atoms with Gasteiger partial charge in [-0.05, 0) is 45.4 Å². The Kier molecular flexibility index (Phi) is 6.85. The molecule has 0 saturated carbocycles. The fourth-order valence-electron chi connectivity index (χ4n) is 1.80. The third-order valence-electron chi connectivity index (χ3n) is 2.86. The molecule has 0 radical (unpaired) electrons. The molecule has 0 spiro atoms. The number of ether oxygens (including phenoxy) is 2. The van der Waals surface area contributed by atoms with E-state index in [2.05, 4.69) is 10.1 Å². The molecule has 1 rings (SSSR count). The second kappa shape index (κ2) is 8.38. The van der Waals surface area contributed by atoms with Gasteiger partial charge in [0.25, 0.3) is 0 Å². The zero-order valence-electron chi connectivity index (χ0n) is 13.5. The second-order valence-corrected chi connectivity index (χ2v) is 5.43. The summed E-state index contributed by atoms with van der Waals surface area (Å²) in [5.41, 5.74) is 6.44. The molecule has 6 nitrogen and oxygen atoms in total. The van der Waals surface area contributed by atoms with E-state index in [-0.39, 0.29) is 18.1 Å². The van der Waals surface area contributed by atoms with Gasteiger partial charge in [0.05, 0.1) is 24.5 Å². The molecule has 0 fully saturated rings. The summed E-state index contributed by atoms with van der Waals surface area (Å²) in [4.78, 5) is 23.6. The molecule has 0 aliphatic carbocycles. The Bertz CT molecular complexity index is 527. The Morgan fingerprint density at radius 1 is 1.27 bits per heavy atom. The van der Waals surface area contributed by atoms with Crippen LogP contribution in [0.3, 0.4) is 0 Å². The highest BCUT2D eigenvalue weighted by molar-refractivity contribution is 5.96. The first kappa shape index (κ1) is 18.0. The van der Waals surface area contributed by atoms with E-state index in [0.29, 0.717) is 29.8 Å². The normalized spacial score (nSPS) is 11.9. The van der Waals surface area contributed by atoms with Crippen molar-refractivity contribution in [2.45, 2.75) is 45.8 Å².